The topological polar surface area (TPSA) is 65.4 Å². The Morgan fingerprint density at radius 3 is 2.95 bits per heavy atom. The van der Waals surface area contributed by atoms with Crippen molar-refractivity contribution in [2.45, 2.75) is 25.3 Å². The average Bonchev–Trinajstić information content (AvgIpc) is 2.53. The first kappa shape index (κ1) is 14.2. The minimum atomic E-state index is -0.215. The van der Waals surface area contributed by atoms with Gasteiger partial charge in [0.1, 0.15) is 17.9 Å². The molecule has 1 N–H and O–H groups in total. The molecule has 1 aromatic carbocycles. The van der Waals surface area contributed by atoms with E-state index < -0.39 is 0 Å². The van der Waals surface area contributed by atoms with E-state index in [0.717, 1.165) is 31.5 Å². The highest BCUT2D eigenvalue weighted by atomic mass is 16.5. The number of carbonyl (C=O) groups excluding carboxylic acids is 1. The van der Waals surface area contributed by atoms with Crippen LogP contribution < -0.4 is 15.0 Å². The van der Waals surface area contributed by atoms with Crippen LogP contribution in [0, 0.1) is 11.3 Å². The molecular formula is C15H19N3O2. The molecule has 1 heterocycles. The third-order valence-electron chi connectivity index (χ3n) is 3.69. The largest absolute Gasteiger partial charge is 0.497 e. The number of nitrogens with one attached hydrogen (secondary N) is 1. The van der Waals surface area contributed by atoms with Gasteiger partial charge in [0.2, 0.25) is 5.91 Å². The lowest BCUT2D eigenvalue weighted by atomic mass is 9.99. The Balaban J connectivity index is 2.41. The molecule has 0 aliphatic carbocycles. The van der Waals surface area contributed by atoms with Crippen molar-refractivity contribution < 1.29 is 9.53 Å². The summed E-state index contributed by atoms with van der Waals surface area (Å²) >= 11 is 0. The quantitative estimate of drug-likeness (QED) is 0.910. The van der Waals surface area contributed by atoms with Crippen molar-refractivity contribution in [3.63, 3.8) is 0 Å². The molecule has 106 valence electrons. The first-order valence-corrected chi connectivity index (χ1v) is 6.77. The molecule has 1 unspecified atom stereocenters. The molecule has 1 aliphatic heterocycles. The van der Waals surface area contributed by atoms with Crippen molar-refractivity contribution in [1.29, 1.82) is 5.26 Å². The van der Waals surface area contributed by atoms with Gasteiger partial charge in [-0.1, -0.05) is 0 Å². The van der Waals surface area contributed by atoms with Crippen LogP contribution >= 0.6 is 0 Å². The Kier molecular flexibility index (Phi) is 4.46. The number of hydrogen-bond acceptors (Lipinski definition) is 4. The lowest BCUT2D eigenvalue weighted by Crippen LogP contribution is -2.49. The third kappa shape index (κ3) is 2.69. The number of nitriles is 1. The lowest BCUT2D eigenvalue weighted by molar-refractivity contribution is -0.122. The summed E-state index contributed by atoms with van der Waals surface area (Å²) in [5.74, 6) is 0.691. The first-order valence-electron chi connectivity index (χ1n) is 6.77. The van der Waals surface area contributed by atoms with E-state index >= 15 is 0 Å². The van der Waals surface area contributed by atoms with Crippen molar-refractivity contribution in [3.8, 4) is 11.8 Å². The molecule has 1 aromatic rings. The Morgan fingerprint density at radius 1 is 1.50 bits per heavy atom. The summed E-state index contributed by atoms with van der Waals surface area (Å²) in [4.78, 5) is 14.1. The maximum Gasteiger partial charge on any atom is 0.242 e. The van der Waals surface area contributed by atoms with Crippen LogP contribution in [0.4, 0.5) is 5.69 Å². The molecular weight excluding hydrogens is 254 g/mol. The molecule has 1 amide bonds. The Labute approximate surface area is 119 Å². The van der Waals surface area contributed by atoms with Crippen LogP contribution in [0.5, 0.6) is 5.75 Å². The maximum atomic E-state index is 12.0. The standard InChI is InChI=1S/C15H19N3O2/c1-17-15(19)13-5-3-4-8-18(13)14-9-12(20-2)7-6-11(14)10-16/h6-7,9,13H,3-5,8H2,1-2H3,(H,17,19). The predicted octanol–water partition coefficient (Wildman–Crippen LogP) is 1.67. The predicted molar refractivity (Wildman–Crippen MR) is 76.8 cm³/mol. The van der Waals surface area contributed by atoms with Crippen molar-refractivity contribution in [2.75, 3.05) is 25.6 Å². The van der Waals surface area contributed by atoms with E-state index in [1.54, 1.807) is 26.3 Å². The van der Waals surface area contributed by atoms with Gasteiger partial charge in [-0.25, -0.2) is 0 Å². The van der Waals surface area contributed by atoms with E-state index in [9.17, 15) is 10.1 Å². The van der Waals surface area contributed by atoms with Gasteiger partial charge < -0.3 is 15.0 Å². The minimum absolute atomic E-state index is 0.00332. The smallest absolute Gasteiger partial charge is 0.242 e. The van der Waals surface area contributed by atoms with Crippen molar-refractivity contribution in [1.82, 2.24) is 5.32 Å². The van der Waals surface area contributed by atoms with Gasteiger partial charge in [-0.2, -0.15) is 5.26 Å². The minimum Gasteiger partial charge on any atom is -0.497 e. The normalized spacial score (nSPS) is 18.2. The molecule has 0 bridgehead atoms. The second-order valence-electron chi connectivity index (χ2n) is 4.81. The molecule has 0 spiro atoms. The summed E-state index contributed by atoms with van der Waals surface area (Å²) in [7, 11) is 3.24. The summed E-state index contributed by atoms with van der Waals surface area (Å²) in [6.07, 6.45) is 2.86. The van der Waals surface area contributed by atoms with E-state index in [4.69, 9.17) is 4.74 Å². The molecule has 5 nitrogen and oxygen atoms in total. The fourth-order valence-corrected chi connectivity index (χ4v) is 2.63. The lowest BCUT2D eigenvalue weighted by Gasteiger charge is -2.36. The summed E-state index contributed by atoms with van der Waals surface area (Å²) in [6, 6.07) is 7.32. The van der Waals surface area contributed by atoms with E-state index in [-0.39, 0.29) is 11.9 Å². The summed E-state index contributed by atoms with van der Waals surface area (Å²) in [5, 5.41) is 12.0. The number of nitrogens with zero attached hydrogens (tertiary/aromatic N) is 2. The van der Waals surface area contributed by atoms with E-state index in [1.807, 2.05) is 11.0 Å². The van der Waals surface area contributed by atoms with Gasteiger partial charge in [0.05, 0.1) is 18.4 Å². The van der Waals surface area contributed by atoms with Crippen LogP contribution in [-0.2, 0) is 4.79 Å². The highest BCUT2D eigenvalue weighted by Crippen LogP contribution is 2.31. The number of amides is 1. The van der Waals surface area contributed by atoms with Gasteiger partial charge in [0, 0.05) is 19.7 Å². The van der Waals surface area contributed by atoms with E-state index in [1.165, 1.54) is 0 Å². The van der Waals surface area contributed by atoms with E-state index in [0.29, 0.717) is 11.3 Å². The monoisotopic (exact) mass is 273 g/mol. The van der Waals surface area contributed by atoms with E-state index in [2.05, 4.69) is 11.4 Å². The number of hydrogen-bond donors (Lipinski definition) is 1. The van der Waals surface area contributed by atoms with Crippen molar-refractivity contribution in [2.24, 2.45) is 0 Å². The van der Waals surface area contributed by atoms with Gasteiger partial charge in [0.15, 0.2) is 0 Å². The molecule has 1 fully saturated rings. The highest BCUT2D eigenvalue weighted by Gasteiger charge is 2.29. The number of methoxy groups -OCH3 is 1. The van der Waals surface area contributed by atoms with Gasteiger partial charge >= 0.3 is 0 Å². The number of anilines is 1. The number of likely N-dealkylation sites (N-methyl/N-ethyl adjacent to an activating group) is 1. The SMILES string of the molecule is CNC(=O)C1CCCCN1c1cc(OC)ccc1C#N. The number of carbonyl (C=O) groups is 1. The van der Waals surface area contributed by atoms with Crippen LogP contribution in [0.25, 0.3) is 0 Å². The van der Waals surface area contributed by atoms with Crippen molar-refractivity contribution >= 4 is 11.6 Å². The van der Waals surface area contributed by atoms with Crippen molar-refractivity contribution in [3.05, 3.63) is 23.8 Å². The highest BCUT2D eigenvalue weighted by molar-refractivity contribution is 5.86. The summed E-state index contributed by atoms with van der Waals surface area (Å²) in [6.45, 7) is 0.778. The second kappa shape index (κ2) is 6.29. The van der Waals surface area contributed by atoms with Gasteiger partial charge in [-0.15, -0.1) is 0 Å². The van der Waals surface area contributed by atoms with Gasteiger partial charge in [0.25, 0.3) is 0 Å². The average molecular weight is 273 g/mol. The Hall–Kier alpha value is -2.22. The fraction of sp³-hybridized carbons (Fsp3) is 0.467. The number of ether oxygens (including phenoxy) is 1. The van der Waals surface area contributed by atoms with Crippen LogP contribution in [0.15, 0.2) is 18.2 Å². The van der Waals surface area contributed by atoms with Crippen LogP contribution in [-0.4, -0.2) is 32.7 Å². The zero-order chi connectivity index (χ0) is 14.5. The summed E-state index contributed by atoms with van der Waals surface area (Å²) in [5.41, 5.74) is 1.35. The molecule has 1 saturated heterocycles. The number of piperidine rings is 1. The molecule has 0 saturated carbocycles. The number of rotatable bonds is 3. The molecule has 0 aromatic heterocycles. The Bertz CT molecular complexity index is 536. The van der Waals surface area contributed by atoms with Gasteiger partial charge in [-0.3, -0.25) is 4.79 Å². The Morgan fingerprint density at radius 2 is 2.30 bits per heavy atom. The zero-order valence-electron chi connectivity index (χ0n) is 11.8. The summed E-state index contributed by atoms with van der Waals surface area (Å²) < 4.78 is 5.23. The fourth-order valence-electron chi connectivity index (χ4n) is 2.63. The molecule has 1 atom stereocenters. The maximum absolute atomic E-state index is 12.0. The van der Waals surface area contributed by atoms with Crippen LogP contribution in [0.1, 0.15) is 24.8 Å². The van der Waals surface area contributed by atoms with Gasteiger partial charge in [-0.05, 0) is 31.4 Å². The third-order valence-corrected chi connectivity index (χ3v) is 3.69. The molecule has 1 aliphatic rings. The second-order valence-corrected chi connectivity index (χ2v) is 4.81. The molecule has 2 rings (SSSR count). The van der Waals surface area contributed by atoms with Crippen LogP contribution in [0.2, 0.25) is 0 Å². The molecule has 0 radical (unpaired) electrons. The van der Waals surface area contributed by atoms with Crippen LogP contribution in [0.3, 0.4) is 0 Å². The first-order chi connectivity index (χ1) is 9.71. The number of benzene rings is 1. The molecule has 20 heavy (non-hydrogen) atoms. The zero-order valence-corrected chi connectivity index (χ0v) is 11.8. The molecule has 5 heteroatoms.